The zero-order valence-corrected chi connectivity index (χ0v) is 17.8. The summed E-state index contributed by atoms with van der Waals surface area (Å²) < 4.78 is 0. The lowest BCUT2D eigenvalue weighted by atomic mass is 9.59. The number of carbonyl (C=O) groups excluding carboxylic acids is 2. The van der Waals surface area contributed by atoms with Gasteiger partial charge < -0.3 is 4.90 Å². The average Bonchev–Trinajstić information content (AvgIpc) is 2.90. The third-order valence-corrected chi connectivity index (χ3v) is 7.57. The molecule has 3 fully saturated rings. The number of carbonyl (C=O) groups is 2. The van der Waals surface area contributed by atoms with E-state index in [-0.39, 0.29) is 11.8 Å². The molecule has 2 saturated heterocycles. The van der Waals surface area contributed by atoms with Crippen molar-refractivity contribution in [3.8, 4) is 0 Å². The highest BCUT2D eigenvalue weighted by atomic mass is 16.2. The topological polar surface area (TPSA) is 69.6 Å². The predicted octanol–water partition coefficient (Wildman–Crippen LogP) is 2.33. The van der Waals surface area contributed by atoms with Crippen LogP contribution in [0.5, 0.6) is 0 Å². The Morgan fingerprint density at radius 3 is 2.00 bits per heavy atom. The van der Waals surface area contributed by atoms with Crippen molar-refractivity contribution in [2.45, 2.75) is 52.4 Å². The minimum Gasteiger partial charge on any atom is -0.338 e. The molecular weight excluding hydrogens is 366 g/mol. The molecule has 29 heavy (non-hydrogen) atoms. The number of imide groups is 1. The maximum atomic E-state index is 13.0. The number of anilines is 1. The number of hydrogen-bond acceptors (Lipinski definition) is 6. The fraction of sp³-hybridized carbons (Fsp3) is 0.727. The molecule has 158 valence electrons. The van der Waals surface area contributed by atoms with Crippen LogP contribution < -0.4 is 4.90 Å². The molecule has 4 rings (SSSR count). The Hall–Kier alpha value is -2.02. The van der Waals surface area contributed by atoms with Crippen LogP contribution in [0.2, 0.25) is 0 Å². The summed E-state index contributed by atoms with van der Waals surface area (Å²) in [5.41, 5.74) is -0.976. The van der Waals surface area contributed by atoms with Crippen LogP contribution in [0.3, 0.4) is 0 Å². The van der Waals surface area contributed by atoms with E-state index < -0.39 is 10.8 Å². The van der Waals surface area contributed by atoms with Crippen LogP contribution in [0.15, 0.2) is 18.5 Å². The van der Waals surface area contributed by atoms with Crippen molar-refractivity contribution in [3.05, 3.63) is 18.5 Å². The molecule has 1 aromatic rings. The summed E-state index contributed by atoms with van der Waals surface area (Å²) in [6.07, 6.45) is 9.26. The van der Waals surface area contributed by atoms with Gasteiger partial charge in [0.1, 0.15) is 0 Å². The van der Waals surface area contributed by atoms with Crippen LogP contribution in [0.1, 0.15) is 52.4 Å². The molecule has 7 nitrogen and oxygen atoms in total. The first-order chi connectivity index (χ1) is 14.0. The van der Waals surface area contributed by atoms with Gasteiger partial charge in [0.2, 0.25) is 17.8 Å². The molecule has 0 spiro atoms. The van der Waals surface area contributed by atoms with Gasteiger partial charge in [0.05, 0.1) is 10.8 Å². The number of hydrogen-bond donors (Lipinski definition) is 0. The summed E-state index contributed by atoms with van der Waals surface area (Å²) in [5, 5.41) is 0. The van der Waals surface area contributed by atoms with E-state index in [9.17, 15) is 9.59 Å². The molecule has 1 aliphatic carbocycles. The van der Waals surface area contributed by atoms with Gasteiger partial charge in [-0.2, -0.15) is 0 Å². The SMILES string of the molecule is CC12CCCCC1(C)C(=O)N(CCCCN1CCN(c3ncccn3)CC1)C2=O. The van der Waals surface area contributed by atoms with Crippen LogP contribution in [0, 0.1) is 10.8 Å². The third-order valence-electron chi connectivity index (χ3n) is 7.57. The Kier molecular flexibility index (Phi) is 5.60. The minimum atomic E-state index is -0.488. The van der Waals surface area contributed by atoms with E-state index in [0.29, 0.717) is 6.54 Å². The summed E-state index contributed by atoms with van der Waals surface area (Å²) >= 11 is 0. The second kappa shape index (κ2) is 8.01. The molecule has 1 aromatic heterocycles. The highest BCUT2D eigenvalue weighted by Crippen LogP contribution is 2.56. The van der Waals surface area contributed by atoms with E-state index in [4.69, 9.17) is 0 Å². The van der Waals surface area contributed by atoms with E-state index in [1.165, 1.54) is 0 Å². The third kappa shape index (κ3) is 3.54. The number of likely N-dealkylation sites (tertiary alicyclic amines) is 1. The van der Waals surface area contributed by atoms with Gasteiger partial charge >= 0.3 is 0 Å². The summed E-state index contributed by atoms with van der Waals surface area (Å²) in [7, 11) is 0. The maximum Gasteiger partial charge on any atom is 0.236 e. The number of fused-ring (bicyclic) bond motifs is 1. The molecule has 2 amide bonds. The van der Waals surface area contributed by atoms with Gasteiger partial charge in [-0.3, -0.25) is 19.4 Å². The van der Waals surface area contributed by atoms with Crippen LogP contribution in [-0.4, -0.2) is 70.9 Å². The molecule has 3 aliphatic rings. The minimum absolute atomic E-state index is 0.0705. The van der Waals surface area contributed by atoms with Gasteiger partial charge in [-0.1, -0.05) is 12.8 Å². The maximum absolute atomic E-state index is 13.0. The number of aromatic nitrogens is 2. The summed E-state index contributed by atoms with van der Waals surface area (Å²) in [6, 6.07) is 1.84. The van der Waals surface area contributed by atoms with Crippen molar-refractivity contribution in [1.82, 2.24) is 19.8 Å². The standard InChI is InChI=1S/C22H33N5O2/c1-21-8-3-4-9-22(21,2)19(29)27(18(21)28)13-6-5-12-25-14-16-26(17-15-25)20-23-10-7-11-24-20/h7,10-11H,3-6,8-9,12-17H2,1-2H3. The second-order valence-corrected chi connectivity index (χ2v) is 9.22. The number of piperazine rings is 1. The van der Waals surface area contributed by atoms with E-state index in [1.807, 2.05) is 19.9 Å². The molecule has 2 unspecified atom stereocenters. The van der Waals surface area contributed by atoms with Crippen LogP contribution in [-0.2, 0) is 9.59 Å². The molecule has 0 aromatic carbocycles. The van der Waals surface area contributed by atoms with Crippen molar-refractivity contribution >= 4 is 17.8 Å². The highest BCUT2D eigenvalue weighted by Gasteiger charge is 2.64. The van der Waals surface area contributed by atoms with Crippen molar-refractivity contribution in [3.63, 3.8) is 0 Å². The Balaban J connectivity index is 1.22. The Morgan fingerprint density at radius 2 is 1.41 bits per heavy atom. The van der Waals surface area contributed by atoms with Crippen LogP contribution in [0.4, 0.5) is 5.95 Å². The quantitative estimate of drug-likeness (QED) is 0.540. The van der Waals surface area contributed by atoms with E-state index in [0.717, 1.165) is 77.2 Å². The van der Waals surface area contributed by atoms with Crippen molar-refractivity contribution < 1.29 is 9.59 Å². The van der Waals surface area contributed by atoms with Gasteiger partial charge in [0.25, 0.3) is 0 Å². The van der Waals surface area contributed by atoms with Crippen molar-refractivity contribution in [2.24, 2.45) is 10.8 Å². The molecule has 7 heteroatoms. The van der Waals surface area contributed by atoms with Gasteiger partial charge in [-0.25, -0.2) is 9.97 Å². The number of nitrogens with zero attached hydrogens (tertiary/aromatic N) is 5. The van der Waals surface area contributed by atoms with Crippen molar-refractivity contribution in [2.75, 3.05) is 44.2 Å². The highest BCUT2D eigenvalue weighted by molar-refractivity contribution is 6.09. The zero-order valence-electron chi connectivity index (χ0n) is 17.8. The average molecular weight is 400 g/mol. The van der Waals surface area contributed by atoms with Crippen LogP contribution in [0.25, 0.3) is 0 Å². The normalized spacial score (nSPS) is 30.7. The number of amides is 2. The van der Waals surface area contributed by atoms with Gasteiger partial charge in [0, 0.05) is 45.1 Å². The second-order valence-electron chi connectivity index (χ2n) is 9.22. The molecule has 0 radical (unpaired) electrons. The van der Waals surface area contributed by atoms with Crippen molar-refractivity contribution in [1.29, 1.82) is 0 Å². The first kappa shape index (κ1) is 20.3. The molecule has 1 saturated carbocycles. The fourth-order valence-electron chi connectivity index (χ4n) is 5.32. The Morgan fingerprint density at radius 1 is 0.862 bits per heavy atom. The molecule has 0 N–H and O–H groups in total. The van der Waals surface area contributed by atoms with E-state index >= 15 is 0 Å². The van der Waals surface area contributed by atoms with Gasteiger partial charge in [0.15, 0.2) is 0 Å². The molecular formula is C22H33N5O2. The number of rotatable bonds is 6. The Labute approximate surface area is 173 Å². The predicted molar refractivity (Wildman–Crippen MR) is 111 cm³/mol. The van der Waals surface area contributed by atoms with E-state index in [1.54, 1.807) is 17.3 Å². The molecule has 2 atom stereocenters. The number of unbranched alkanes of at least 4 members (excludes halogenated alkanes) is 1. The smallest absolute Gasteiger partial charge is 0.236 e. The lowest BCUT2D eigenvalue weighted by Gasteiger charge is -2.40. The lowest BCUT2D eigenvalue weighted by molar-refractivity contribution is -0.141. The lowest BCUT2D eigenvalue weighted by Crippen LogP contribution is -2.47. The summed E-state index contributed by atoms with van der Waals surface area (Å²) in [6.45, 7) is 9.47. The summed E-state index contributed by atoms with van der Waals surface area (Å²) in [5.74, 6) is 0.948. The molecule has 3 heterocycles. The molecule has 0 bridgehead atoms. The fourth-order valence-corrected chi connectivity index (χ4v) is 5.32. The first-order valence-corrected chi connectivity index (χ1v) is 11.1. The molecule has 2 aliphatic heterocycles. The first-order valence-electron chi connectivity index (χ1n) is 11.1. The summed E-state index contributed by atoms with van der Waals surface area (Å²) in [4.78, 5) is 41.0. The van der Waals surface area contributed by atoms with Gasteiger partial charge in [-0.05, 0) is 52.1 Å². The van der Waals surface area contributed by atoms with Gasteiger partial charge in [-0.15, -0.1) is 0 Å². The zero-order chi connectivity index (χ0) is 20.5. The largest absolute Gasteiger partial charge is 0.338 e. The monoisotopic (exact) mass is 399 g/mol. The Bertz CT molecular complexity index is 719. The van der Waals surface area contributed by atoms with Crippen LogP contribution >= 0.6 is 0 Å². The van der Waals surface area contributed by atoms with E-state index in [2.05, 4.69) is 19.8 Å².